The van der Waals surface area contributed by atoms with Gasteiger partial charge in [-0.3, -0.25) is 0 Å². The molecule has 4 rings (SSSR count). The smallest absolute Gasteiger partial charge is 0.223 e. The Morgan fingerprint density at radius 2 is 1.68 bits per heavy atom. The van der Waals surface area contributed by atoms with Crippen LogP contribution in [0.1, 0.15) is 0 Å². The van der Waals surface area contributed by atoms with Gasteiger partial charge in [0, 0.05) is 17.5 Å². The molecule has 4 aromatic rings. The number of aromatic hydroxyl groups is 3. The lowest BCUT2D eigenvalue weighted by Gasteiger charge is -2.10. The average molecular weight is 338 g/mol. The molecule has 0 aliphatic rings. The third-order valence-electron chi connectivity index (χ3n) is 4.41. The number of ether oxygens (including phenoxy) is 2. The highest BCUT2D eigenvalue weighted by atomic mass is 16.5. The Morgan fingerprint density at radius 3 is 2.40 bits per heavy atom. The molecule has 2 aromatic heterocycles. The van der Waals surface area contributed by atoms with E-state index in [1.807, 2.05) is 22.7 Å². The van der Waals surface area contributed by atoms with E-state index in [-0.39, 0.29) is 23.0 Å². The van der Waals surface area contributed by atoms with Crippen LogP contribution in [0.3, 0.4) is 0 Å². The first kappa shape index (κ1) is 15.1. The first-order valence-corrected chi connectivity index (χ1v) is 7.61. The van der Waals surface area contributed by atoms with Crippen molar-refractivity contribution in [3.8, 4) is 28.7 Å². The third kappa shape index (κ3) is 2.07. The van der Waals surface area contributed by atoms with E-state index in [2.05, 4.69) is 0 Å². The number of fused-ring (bicyclic) bond motifs is 4. The molecule has 25 heavy (non-hydrogen) atoms. The molecule has 6 nitrogen and oxygen atoms in total. The van der Waals surface area contributed by atoms with Crippen molar-refractivity contribution in [1.29, 1.82) is 0 Å². The fourth-order valence-electron chi connectivity index (χ4n) is 3.19. The van der Waals surface area contributed by atoms with E-state index in [9.17, 15) is 15.3 Å². The van der Waals surface area contributed by atoms with E-state index in [1.54, 1.807) is 18.3 Å². The van der Waals surface area contributed by atoms with Gasteiger partial charge >= 0.3 is 0 Å². The van der Waals surface area contributed by atoms with Crippen molar-refractivity contribution >= 4 is 27.1 Å². The first-order valence-electron chi connectivity index (χ1n) is 7.61. The summed E-state index contributed by atoms with van der Waals surface area (Å²) in [4.78, 5) is 0. The highest BCUT2D eigenvalue weighted by Gasteiger charge is 2.21. The number of pyridine rings is 2. The van der Waals surface area contributed by atoms with Gasteiger partial charge in [0.1, 0.15) is 5.39 Å². The number of methoxy groups -OCH3 is 2. The summed E-state index contributed by atoms with van der Waals surface area (Å²) in [5, 5.41) is 33.2. The molecule has 2 heterocycles. The lowest BCUT2D eigenvalue weighted by Crippen LogP contribution is -2.20. The van der Waals surface area contributed by atoms with E-state index in [0.717, 1.165) is 16.3 Å². The van der Waals surface area contributed by atoms with E-state index in [1.165, 1.54) is 20.3 Å². The van der Waals surface area contributed by atoms with Crippen LogP contribution >= 0.6 is 0 Å². The number of phenols is 3. The van der Waals surface area contributed by atoms with Crippen LogP contribution in [-0.2, 0) is 0 Å². The number of benzene rings is 2. The maximum atomic E-state index is 10.4. The number of hydrogen-bond donors (Lipinski definition) is 3. The van der Waals surface area contributed by atoms with Gasteiger partial charge in [-0.2, -0.15) is 4.40 Å². The summed E-state index contributed by atoms with van der Waals surface area (Å²) >= 11 is 0. The zero-order chi connectivity index (χ0) is 17.7. The van der Waals surface area contributed by atoms with E-state index < -0.39 is 0 Å². The van der Waals surface area contributed by atoms with Gasteiger partial charge < -0.3 is 24.8 Å². The minimum Gasteiger partial charge on any atom is -0.504 e. The molecule has 3 N–H and O–H groups in total. The van der Waals surface area contributed by atoms with Crippen LogP contribution < -0.4 is 13.9 Å². The second-order valence-electron chi connectivity index (χ2n) is 5.74. The first-order chi connectivity index (χ1) is 12.0. The Morgan fingerprint density at radius 1 is 0.880 bits per heavy atom. The molecule has 0 aliphatic heterocycles. The Bertz CT molecular complexity index is 1150. The molecular weight excluding hydrogens is 322 g/mol. The summed E-state index contributed by atoms with van der Waals surface area (Å²) in [6, 6.07) is 8.71. The van der Waals surface area contributed by atoms with E-state index in [0.29, 0.717) is 16.5 Å². The molecule has 0 aliphatic carbocycles. The number of rotatable bonds is 2. The van der Waals surface area contributed by atoms with Crippen LogP contribution in [0.25, 0.3) is 27.1 Å². The van der Waals surface area contributed by atoms with Crippen LogP contribution in [-0.4, -0.2) is 29.5 Å². The fourth-order valence-corrected chi connectivity index (χ4v) is 3.19. The Balaban J connectivity index is 2.19. The van der Waals surface area contributed by atoms with Gasteiger partial charge in [-0.1, -0.05) is 0 Å². The Labute approximate surface area is 142 Å². The molecule has 0 unspecified atom stereocenters. The quantitative estimate of drug-likeness (QED) is 0.227. The van der Waals surface area contributed by atoms with Crippen molar-refractivity contribution in [2.45, 2.75) is 0 Å². The molecule has 0 saturated carbocycles. The Kier molecular flexibility index (Phi) is 3.21. The predicted octanol–water partition coefficient (Wildman–Crippen LogP) is 2.87. The summed E-state index contributed by atoms with van der Waals surface area (Å²) in [5.74, 6) is 0.117. The highest BCUT2D eigenvalue weighted by Crippen LogP contribution is 2.43. The zero-order valence-corrected chi connectivity index (χ0v) is 13.6. The molecule has 0 radical (unpaired) electrons. The van der Waals surface area contributed by atoms with Crippen molar-refractivity contribution < 1.29 is 29.2 Å². The van der Waals surface area contributed by atoms with Gasteiger partial charge in [-0.25, -0.2) is 0 Å². The van der Waals surface area contributed by atoms with Crippen molar-refractivity contribution in [2.24, 2.45) is 0 Å². The largest absolute Gasteiger partial charge is 0.504 e. The van der Waals surface area contributed by atoms with E-state index >= 15 is 0 Å². The molecular formula is C19H16NO5+. The minimum absolute atomic E-state index is 0.0648. The molecule has 0 atom stereocenters. The van der Waals surface area contributed by atoms with Gasteiger partial charge in [0.25, 0.3) is 0 Å². The second-order valence-corrected chi connectivity index (χ2v) is 5.74. The summed E-state index contributed by atoms with van der Waals surface area (Å²) in [5.41, 5.74) is 0.765. The van der Waals surface area contributed by atoms with Crippen molar-refractivity contribution in [1.82, 2.24) is 0 Å². The van der Waals surface area contributed by atoms with E-state index in [4.69, 9.17) is 9.47 Å². The van der Waals surface area contributed by atoms with Crippen LogP contribution in [0.2, 0.25) is 0 Å². The van der Waals surface area contributed by atoms with Crippen LogP contribution in [0.4, 0.5) is 0 Å². The maximum Gasteiger partial charge on any atom is 0.223 e. The molecule has 0 fully saturated rings. The normalized spacial score (nSPS) is 11.3. The monoisotopic (exact) mass is 338 g/mol. The maximum absolute atomic E-state index is 10.4. The minimum atomic E-state index is -0.305. The standard InChI is InChI=1S/C19H15NO5/c1-24-15-4-3-10-7-13-16-11(8-14(21)18(23)19(16)25-2)5-6-20(13)9-12(10)17(15)22/h3-9H,1-2H3,(H2,21,22,23)/p+1. The van der Waals surface area contributed by atoms with Gasteiger partial charge in [-0.05, 0) is 23.6 Å². The van der Waals surface area contributed by atoms with Crippen molar-refractivity contribution in [3.63, 3.8) is 0 Å². The topological polar surface area (TPSA) is 83.2 Å². The third-order valence-corrected chi connectivity index (χ3v) is 4.41. The average Bonchev–Trinajstić information content (AvgIpc) is 2.62. The summed E-state index contributed by atoms with van der Waals surface area (Å²) < 4.78 is 12.3. The number of nitrogens with zero attached hydrogens (tertiary/aromatic N) is 1. The molecule has 2 aromatic carbocycles. The molecule has 0 amide bonds. The molecule has 0 saturated heterocycles. The number of aromatic nitrogens is 1. The molecule has 0 spiro atoms. The van der Waals surface area contributed by atoms with Crippen LogP contribution in [0, 0.1) is 0 Å². The molecule has 0 bridgehead atoms. The van der Waals surface area contributed by atoms with Crippen molar-refractivity contribution in [3.05, 3.63) is 42.7 Å². The van der Waals surface area contributed by atoms with Crippen LogP contribution in [0.15, 0.2) is 42.7 Å². The fraction of sp³-hybridized carbons (Fsp3) is 0.105. The number of phenolic OH excluding ortho intramolecular Hbond substituents is 3. The van der Waals surface area contributed by atoms with Gasteiger partial charge in [0.15, 0.2) is 35.4 Å². The molecule has 126 valence electrons. The SMILES string of the molecule is COc1ccc2cc3c4c(OC)c(O)c(O)cc4cc[n+]3cc2c1O. The van der Waals surface area contributed by atoms with Gasteiger partial charge in [0.2, 0.25) is 11.3 Å². The summed E-state index contributed by atoms with van der Waals surface area (Å²) in [6.45, 7) is 0. The second kappa shape index (κ2) is 5.31. The summed E-state index contributed by atoms with van der Waals surface area (Å²) in [6.07, 6.45) is 3.59. The lowest BCUT2D eigenvalue weighted by atomic mass is 10.0. The number of hydrogen-bond acceptors (Lipinski definition) is 5. The predicted molar refractivity (Wildman–Crippen MR) is 92.7 cm³/mol. The van der Waals surface area contributed by atoms with Gasteiger partial charge in [-0.15, -0.1) is 0 Å². The van der Waals surface area contributed by atoms with Gasteiger partial charge in [0.05, 0.1) is 19.6 Å². The molecule has 6 heteroatoms. The zero-order valence-electron chi connectivity index (χ0n) is 13.6. The van der Waals surface area contributed by atoms with Crippen LogP contribution in [0.5, 0.6) is 28.7 Å². The Hall–Kier alpha value is -3.41. The summed E-state index contributed by atoms with van der Waals surface area (Å²) in [7, 11) is 2.94. The lowest BCUT2D eigenvalue weighted by molar-refractivity contribution is -0.509. The van der Waals surface area contributed by atoms with Crippen molar-refractivity contribution in [2.75, 3.05) is 14.2 Å². The highest BCUT2D eigenvalue weighted by molar-refractivity contribution is 6.04.